The van der Waals surface area contributed by atoms with Crippen molar-refractivity contribution in [2.24, 2.45) is 0 Å². The molecule has 0 saturated heterocycles. The zero-order valence-corrected chi connectivity index (χ0v) is 26.7. The molecule has 4 heterocycles. The van der Waals surface area contributed by atoms with Gasteiger partial charge in [0.05, 0.1) is 6.85 Å². The molecule has 228 valence electrons. The van der Waals surface area contributed by atoms with Crippen LogP contribution in [0.5, 0.6) is 11.5 Å². The van der Waals surface area contributed by atoms with Crippen LogP contribution in [0.25, 0.3) is 11.1 Å². The van der Waals surface area contributed by atoms with Crippen molar-refractivity contribution in [2.45, 2.75) is 65.7 Å². The van der Waals surface area contributed by atoms with Gasteiger partial charge in [-0.3, -0.25) is 0 Å². The van der Waals surface area contributed by atoms with Gasteiger partial charge in [0.1, 0.15) is 23.1 Å². The molecule has 0 amide bonds. The second kappa shape index (κ2) is 11.7. The summed E-state index contributed by atoms with van der Waals surface area (Å²) in [6, 6.07) is 15.3. The molecule has 5 heteroatoms. The quantitative estimate of drug-likeness (QED) is 0.201. The van der Waals surface area contributed by atoms with Crippen molar-refractivity contribution in [3.05, 3.63) is 119 Å². The number of rotatable bonds is 5. The first-order valence-corrected chi connectivity index (χ1v) is 15.8. The normalized spacial score (nSPS) is 16.2. The van der Waals surface area contributed by atoms with Gasteiger partial charge in [0.25, 0.3) is 0 Å². The first-order valence-electron chi connectivity index (χ1n) is 18.3. The fraction of sp³-hybridized carbons (Fsp3) is 0.300. The summed E-state index contributed by atoms with van der Waals surface area (Å²) < 4.78 is 47.9. The molecule has 0 fully saturated rings. The topological polar surface area (TPSA) is 41.5 Å². The lowest BCUT2D eigenvalue weighted by Crippen LogP contribution is -2.26. The van der Waals surface area contributed by atoms with E-state index in [4.69, 9.17) is 21.6 Å². The standard InChI is InChI=1S/C40H42N4O/c1-27-28(2)39(42-26-35(27)29-11-7-6-8-12-29)44-22-10-14-31-16-18-34(25-37(31)44)45-33-17-15-30-13-9-21-43(36(30)24-33)38-23-32(19-20-41-38)40(3,4)5/h6-8,11-12,15-20,23-26H,9-10,13-14,21-22H2,1-5H3/i6D,7D,8D,11D,12D. The minimum Gasteiger partial charge on any atom is -0.457 e. The number of aromatic nitrogens is 2. The van der Waals surface area contributed by atoms with Crippen molar-refractivity contribution >= 4 is 23.0 Å². The fourth-order valence-corrected chi connectivity index (χ4v) is 6.46. The van der Waals surface area contributed by atoms with Crippen LogP contribution in [-0.2, 0) is 18.3 Å². The molecule has 3 aromatic carbocycles. The predicted molar refractivity (Wildman–Crippen MR) is 186 cm³/mol. The zero-order chi connectivity index (χ0) is 35.5. The van der Waals surface area contributed by atoms with Crippen LogP contribution in [-0.4, -0.2) is 23.1 Å². The van der Waals surface area contributed by atoms with Gasteiger partial charge in [0, 0.05) is 54.6 Å². The zero-order valence-electron chi connectivity index (χ0n) is 31.7. The van der Waals surface area contributed by atoms with Gasteiger partial charge in [0.15, 0.2) is 0 Å². The molecule has 0 unspecified atom stereocenters. The van der Waals surface area contributed by atoms with E-state index in [1.807, 2.05) is 32.2 Å². The van der Waals surface area contributed by atoms with Gasteiger partial charge in [-0.25, -0.2) is 9.97 Å². The van der Waals surface area contributed by atoms with Crippen LogP contribution in [0.15, 0.2) is 91.1 Å². The Morgan fingerprint density at radius 2 is 1.40 bits per heavy atom. The first kappa shape index (κ1) is 23.7. The third-order valence-corrected chi connectivity index (χ3v) is 9.12. The molecule has 0 atom stereocenters. The Hall–Kier alpha value is -4.64. The summed E-state index contributed by atoms with van der Waals surface area (Å²) in [5.74, 6) is 3.23. The van der Waals surface area contributed by atoms with Crippen LogP contribution in [0.1, 0.15) is 68.3 Å². The number of anilines is 4. The summed E-state index contributed by atoms with van der Waals surface area (Å²) in [5.41, 5.74) is 8.37. The molecule has 0 radical (unpaired) electrons. The number of ether oxygens (including phenoxy) is 1. The van der Waals surface area contributed by atoms with Gasteiger partial charge >= 0.3 is 0 Å². The van der Waals surface area contributed by atoms with E-state index in [2.05, 4.69) is 67.0 Å². The van der Waals surface area contributed by atoms with Crippen LogP contribution in [0.3, 0.4) is 0 Å². The van der Waals surface area contributed by atoms with Gasteiger partial charge < -0.3 is 14.5 Å². The van der Waals surface area contributed by atoms with E-state index in [1.165, 1.54) is 16.7 Å². The van der Waals surface area contributed by atoms with E-state index >= 15 is 0 Å². The van der Waals surface area contributed by atoms with E-state index in [-0.39, 0.29) is 35.1 Å². The van der Waals surface area contributed by atoms with Gasteiger partial charge in [-0.1, -0.05) is 63.1 Å². The average molecular weight is 600 g/mol. The van der Waals surface area contributed by atoms with Crippen LogP contribution in [0, 0.1) is 13.8 Å². The molecule has 0 spiro atoms. The van der Waals surface area contributed by atoms with Crippen molar-refractivity contribution in [1.29, 1.82) is 0 Å². The summed E-state index contributed by atoms with van der Waals surface area (Å²) in [6.45, 7) is 12.2. The molecule has 0 saturated carbocycles. The van der Waals surface area contributed by atoms with Crippen LogP contribution in [0.4, 0.5) is 23.0 Å². The minimum absolute atomic E-state index is 0.0285. The third kappa shape index (κ3) is 5.68. The Labute approximate surface area is 274 Å². The van der Waals surface area contributed by atoms with Crippen molar-refractivity contribution < 1.29 is 11.6 Å². The SMILES string of the molecule is [2H]c1c([2H])c([2H])c(-c2cnc(N3CCCc4ccc(Oc5ccc6c(c5)N(c5cc(C(C)(C)C)ccn5)CCC6)cc43)c(C)c2C)c([2H])c1[2H]. The minimum atomic E-state index is -0.402. The van der Waals surface area contributed by atoms with E-state index in [9.17, 15) is 0 Å². The molecule has 2 aliphatic heterocycles. The van der Waals surface area contributed by atoms with Crippen LogP contribution >= 0.6 is 0 Å². The van der Waals surface area contributed by atoms with Crippen LogP contribution in [0.2, 0.25) is 0 Å². The van der Waals surface area contributed by atoms with E-state index in [0.29, 0.717) is 5.56 Å². The number of pyridine rings is 2. The number of nitrogens with zero attached hydrogens (tertiary/aromatic N) is 4. The first-order chi connectivity index (χ1) is 23.8. The highest BCUT2D eigenvalue weighted by Gasteiger charge is 2.25. The van der Waals surface area contributed by atoms with Crippen LogP contribution < -0.4 is 14.5 Å². The number of hydrogen-bond acceptors (Lipinski definition) is 5. The largest absolute Gasteiger partial charge is 0.457 e. The highest BCUT2D eigenvalue weighted by Crippen LogP contribution is 2.41. The number of hydrogen-bond donors (Lipinski definition) is 0. The Morgan fingerprint density at radius 1 is 0.756 bits per heavy atom. The summed E-state index contributed by atoms with van der Waals surface area (Å²) in [5, 5.41) is 0. The highest BCUT2D eigenvalue weighted by atomic mass is 16.5. The van der Waals surface area contributed by atoms with Gasteiger partial charge in [0.2, 0.25) is 0 Å². The maximum absolute atomic E-state index is 8.51. The van der Waals surface area contributed by atoms with Crippen molar-refractivity contribution in [1.82, 2.24) is 9.97 Å². The lowest BCUT2D eigenvalue weighted by molar-refractivity contribution is 0.481. The predicted octanol–water partition coefficient (Wildman–Crippen LogP) is 10.0. The fourth-order valence-electron chi connectivity index (χ4n) is 6.46. The molecule has 0 aliphatic carbocycles. The molecule has 2 aromatic heterocycles. The van der Waals surface area contributed by atoms with Crippen molar-refractivity contribution in [2.75, 3.05) is 22.9 Å². The summed E-state index contributed by atoms with van der Waals surface area (Å²) >= 11 is 0. The average Bonchev–Trinajstić information content (AvgIpc) is 3.11. The Kier molecular flexibility index (Phi) is 6.16. The third-order valence-electron chi connectivity index (χ3n) is 9.12. The maximum atomic E-state index is 8.51. The lowest BCUT2D eigenvalue weighted by atomic mass is 9.87. The number of aryl methyl sites for hydroxylation is 2. The van der Waals surface area contributed by atoms with Crippen molar-refractivity contribution in [3.8, 4) is 22.6 Å². The highest BCUT2D eigenvalue weighted by molar-refractivity contribution is 5.75. The maximum Gasteiger partial charge on any atom is 0.136 e. The molecule has 0 N–H and O–H groups in total. The summed E-state index contributed by atoms with van der Waals surface area (Å²) in [7, 11) is 0. The Morgan fingerprint density at radius 3 is 2.07 bits per heavy atom. The van der Waals surface area contributed by atoms with E-state index in [1.54, 1.807) is 6.20 Å². The molecule has 7 rings (SSSR count). The second-order valence-electron chi connectivity index (χ2n) is 13.1. The smallest absolute Gasteiger partial charge is 0.136 e. The molecule has 2 aliphatic rings. The van der Waals surface area contributed by atoms with E-state index in [0.717, 1.165) is 84.4 Å². The van der Waals surface area contributed by atoms with Crippen molar-refractivity contribution in [3.63, 3.8) is 0 Å². The molecular weight excluding hydrogens is 552 g/mol. The number of benzene rings is 3. The monoisotopic (exact) mass is 599 g/mol. The Balaban J connectivity index is 1.21. The summed E-state index contributed by atoms with van der Waals surface area (Å²) in [4.78, 5) is 14.1. The summed E-state index contributed by atoms with van der Waals surface area (Å²) in [6.07, 6.45) is 7.53. The molecular formula is C40H42N4O. The molecule has 5 aromatic rings. The van der Waals surface area contributed by atoms with E-state index < -0.39 is 6.04 Å². The Bertz CT molecular complexity index is 2120. The molecule has 45 heavy (non-hydrogen) atoms. The van der Waals surface area contributed by atoms with Gasteiger partial charge in [-0.15, -0.1) is 0 Å². The second-order valence-corrected chi connectivity index (χ2v) is 13.1. The number of fused-ring (bicyclic) bond motifs is 2. The molecule has 0 bridgehead atoms. The molecule has 5 nitrogen and oxygen atoms in total. The van der Waals surface area contributed by atoms with Gasteiger partial charge in [-0.2, -0.15) is 0 Å². The van der Waals surface area contributed by atoms with Gasteiger partial charge in [-0.05, 0) is 103 Å². The lowest BCUT2D eigenvalue weighted by Gasteiger charge is -2.33.